The Morgan fingerprint density at radius 3 is 2.42 bits per heavy atom. The van der Waals surface area contributed by atoms with Gasteiger partial charge in [-0.3, -0.25) is 25.1 Å². The Morgan fingerprint density at radius 1 is 1.12 bits per heavy atom. The van der Waals surface area contributed by atoms with Gasteiger partial charge in [0.05, 0.1) is 34.9 Å². The normalized spacial score (nSPS) is 21.2. The number of aromatic nitrogens is 2. The van der Waals surface area contributed by atoms with Crippen molar-refractivity contribution in [3.63, 3.8) is 0 Å². The molecule has 52 heavy (non-hydrogen) atoms. The van der Waals surface area contributed by atoms with Gasteiger partial charge < -0.3 is 15.4 Å². The molecule has 1 aromatic heterocycles. The van der Waals surface area contributed by atoms with Gasteiger partial charge in [0.1, 0.15) is 29.7 Å². The average Bonchev–Trinajstić information content (AvgIpc) is 3.82. The van der Waals surface area contributed by atoms with Gasteiger partial charge in [0.2, 0.25) is 0 Å². The number of aliphatic imine (C=N–C) groups is 1. The molecule has 274 valence electrons. The van der Waals surface area contributed by atoms with Gasteiger partial charge in [0, 0.05) is 24.4 Å². The fourth-order valence-corrected chi connectivity index (χ4v) is 6.31. The summed E-state index contributed by atoms with van der Waals surface area (Å²) in [6.45, 7) is 1.60. The molecule has 0 spiro atoms. The van der Waals surface area contributed by atoms with Crippen molar-refractivity contribution in [1.29, 1.82) is 5.41 Å². The quantitative estimate of drug-likeness (QED) is 0.159. The van der Waals surface area contributed by atoms with Crippen LogP contribution in [-0.2, 0) is 15.1 Å². The Balaban J connectivity index is 1.40. The Hall–Kier alpha value is -5.26. The number of amides is 2. The predicted molar refractivity (Wildman–Crippen MR) is 178 cm³/mol. The smallest absolute Gasteiger partial charge is 0.411 e. The molecule has 2 amide bonds. The van der Waals surface area contributed by atoms with Crippen LogP contribution >= 0.6 is 11.6 Å². The molecule has 0 bridgehead atoms. The average molecular weight is 750 g/mol. The van der Waals surface area contributed by atoms with Gasteiger partial charge in [-0.15, -0.1) is 0 Å². The molecule has 2 aromatic carbocycles. The van der Waals surface area contributed by atoms with Crippen LogP contribution in [0.4, 0.5) is 36.8 Å². The number of carbonyl (C=O) groups is 2. The third-order valence-electron chi connectivity index (χ3n) is 8.73. The Bertz CT molecular complexity index is 1940. The molecule has 0 unspecified atom stereocenters. The summed E-state index contributed by atoms with van der Waals surface area (Å²) >= 11 is 6.30. The number of alkyl halides is 6. The van der Waals surface area contributed by atoms with E-state index in [2.05, 4.69) is 25.4 Å². The van der Waals surface area contributed by atoms with Crippen LogP contribution in [-0.4, -0.2) is 75.4 Å². The second kappa shape index (κ2) is 13.1. The molecule has 3 aromatic rings. The van der Waals surface area contributed by atoms with E-state index in [-0.39, 0.29) is 39.7 Å². The summed E-state index contributed by atoms with van der Waals surface area (Å²) in [5.41, 5.74) is -5.48. The van der Waals surface area contributed by atoms with Gasteiger partial charge in [0.25, 0.3) is 5.91 Å². The summed E-state index contributed by atoms with van der Waals surface area (Å²) in [4.78, 5) is 39.9. The maximum absolute atomic E-state index is 15.6. The second-order valence-corrected chi connectivity index (χ2v) is 13.5. The molecule has 6 rings (SSSR count). The lowest BCUT2D eigenvalue weighted by Crippen LogP contribution is -2.49. The number of benzene rings is 2. The van der Waals surface area contributed by atoms with Gasteiger partial charge >= 0.3 is 18.3 Å². The van der Waals surface area contributed by atoms with Gasteiger partial charge in [-0.05, 0) is 49.9 Å². The van der Waals surface area contributed by atoms with Gasteiger partial charge in [0.15, 0.2) is 5.96 Å². The fraction of sp³-hybridized carbons (Fsp3) is 0.364. The van der Waals surface area contributed by atoms with Crippen molar-refractivity contribution in [3.8, 4) is 11.3 Å². The first-order valence-corrected chi connectivity index (χ1v) is 16.1. The summed E-state index contributed by atoms with van der Waals surface area (Å²) in [6.07, 6.45) is -1.85. The van der Waals surface area contributed by atoms with Crippen LogP contribution in [0.15, 0.2) is 71.1 Å². The molecular formula is C33H30ClF6N9O3. The van der Waals surface area contributed by atoms with E-state index >= 15 is 4.39 Å². The highest BCUT2D eigenvalue weighted by molar-refractivity contribution is 6.33. The van der Waals surface area contributed by atoms with Crippen molar-refractivity contribution in [3.05, 3.63) is 77.2 Å². The van der Waals surface area contributed by atoms with Crippen LogP contribution in [0.1, 0.15) is 50.3 Å². The minimum Gasteiger partial charge on any atom is -0.447 e. The van der Waals surface area contributed by atoms with E-state index in [0.717, 1.165) is 17.3 Å². The molecule has 3 aliphatic rings. The van der Waals surface area contributed by atoms with Gasteiger partial charge in [-0.2, -0.15) is 32.1 Å². The summed E-state index contributed by atoms with van der Waals surface area (Å²) in [7, 11) is 0. The zero-order valence-electron chi connectivity index (χ0n) is 27.4. The highest BCUT2D eigenvalue weighted by atomic mass is 35.5. The number of rotatable bonds is 10. The second-order valence-electron chi connectivity index (χ2n) is 13.1. The fourth-order valence-electron chi connectivity index (χ4n) is 6.11. The lowest BCUT2D eigenvalue weighted by molar-refractivity contribution is -0.164. The summed E-state index contributed by atoms with van der Waals surface area (Å²) in [6, 6.07) is 4.65. The predicted octanol–water partition coefficient (Wildman–Crippen LogP) is 6.49. The van der Waals surface area contributed by atoms with E-state index < -0.39 is 66.0 Å². The van der Waals surface area contributed by atoms with Crippen LogP contribution in [0.3, 0.4) is 0 Å². The molecular weight excluding hydrogens is 720 g/mol. The van der Waals surface area contributed by atoms with Crippen LogP contribution in [0.5, 0.6) is 0 Å². The van der Waals surface area contributed by atoms with Crippen molar-refractivity contribution < 1.29 is 40.7 Å². The lowest BCUT2D eigenvalue weighted by Gasteiger charge is -2.33. The number of ether oxygens (including phenoxy) is 1. The number of hydrazone groups is 1. The first-order chi connectivity index (χ1) is 24.4. The molecule has 2 fully saturated rings. The molecule has 1 saturated heterocycles. The minimum absolute atomic E-state index is 0.0362. The van der Waals surface area contributed by atoms with E-state index in [9.17, 15) is 31.5 Å². The van der Waals surface area contributed by atoms with Crippen molar-refractivity contribution >= 4 is 47.8 Å². The number of nitrogens with one attached hydrogen (secondary N) is 3. The summed E-state index contributed by atoms with van der Waals surface area (Å²) in [5.74, 6) is -1.50. The van der Waals surface area contributed by atoms with Crippen LogP contribution in [0.25, 0.3) is 11.3 Å². The van der Waals surface area contributed by atoms with E-state index in [1.807, 2.05) is 5.32 Å². The largest absolute Gasteiger partial charge is 0.447 e. The number of guanidine groups is 1. The standard InChI is InChI=1S/C33H30ClF6N9O3/c1-29(2,35)16-31(21-6-3-19(4-7-21)23-14-42-11-12-44-23)26(50)48(27(41)46-31)25(15-52-28(51)47-30(9-10-30)33(38,39)40)20-5-8-22(34)24(13-20)49-32(36,37)17-43-18-45-49/h3-8,11-14,17-18,25H,9-10,15-16H2,1-2H3,(H2,41,46)(H,47,51)/t25-,31-/m1/s1. The maximum atomic E-state index is 15.6. The first-order valence-electron chi connectivity index (χ1n) is 15.7. The molecule has 12 nitrogen and oxygen atoms in total. The van der Waals surface area contributed by atoms with Crippen molar-refractivity contribution in [2.45, 2.75) is 68.1 Å². The zero-order chi connectivity index (χ0) is 37.7. The SMILES string of the molecule is CC(C)(F)C[C@]1(c2ccc(-c3cnccn3)cc2)NC(=N)N([C@H](COC(=O)NC2(C(F)(F)F)CC2)c2ccc(Cl)c(N3N=CN=CC3(F)F)c2)C1=O. The summed E-state index contributed by atoms with van der Waals surface area (Å²) < 4.78 is 91.3. The van der Waals surface area contributed by atoms with Crippen molar-refractivity contribution in [2.24, 2.45) is 10.1 Å². The number of alkyl carbamates (subject to hydrolysis) is 1. The molecule has 3 heterocycles. The van der Waals surface area contributed by atoms with Gasteiger partial charge in [-0.1, -0.05) is 41.9 Å². The Labute approximate surface area is 297 Å². The third-order valence-corrected chi connectivity index (χ3v) is 9.05. The number of hydrogen-bond donors (Lipinski definition) is 3. The highest BCUT2D eigenvalue weighted by Gasteiger charge is 2.65. The first kappa shape index (κ1) is 36.5. The molecule has 0 radical (unpaired) electrons. The highest BCUT2D eigenvalue weighted by Crippen LogP contribution is 2.49. The Kier molecular flexibility index (Phi) is 9.17. The van der Waals surface area contributed by atoms with E-state index in [4.69, 9.17) is 21.7 Å². The number of halogens is 7. The number of carbonyl (C=O) groups excluding carboxylic acids is 2. The van der Waals surface area contributed by atoms with E-state index in [1.165, 1.54) is 44.6 Å². The minimum atomic E-state index is -4.77. The lowest BCUT2D eigenvalue weighted by atomic mass is 9.80. The third kappa shape index (κ3) is 6.98. The van der Waals surface area contributed by atoms with Crippen LogP contribution in [0, 0.1) is 5.41 Å². The zero-order valence-corrected chi connectivity index (χ0v) is 28.1. The Morgan fingerprint density at radius 2 is 1.83 bits per heavy atom. The molecule has 1 saturated carbocycles. The number of nitrogens with zero attached hydrogens (tertiary/aromatic N) is 6. The monoisotopic (exact) mass is 749 g/mol. The van der Waals surface area contributed by atoms with Gasteiger partial charge in [-0.25, -0.2) is 14.2 Å². The van der Waals surface area contributed by atoms with Crippen molar-refractivity contribution in [2.75, 3.05) is 11.6 Å². The molecule has 19 heteroatoms. The van der Waals surface area contributed by atoms with Crippen LogP contribution in [0.2, 0.25) is 5.02 Å². The number of hydrogen-bond acceptors (Lipinski definition) is 9. The molecule has 2 atom stereocenters. The number of anilines is 1. The van der Waals surface area contributed by atoms with E-state index in [1.54, 1.807) is 24.3 Å². The summed E-state index contributed by atoms with van der Waals surface area (Å²) in [5, 5.41) is 17.2. The topological polar surface area (TPSA) is 148 Å². The van der Waals surface area contributed by atoms with E-state index in [0.29, 0.717) is 17.5 Å². The van der Waals surface area contributed by atoms with Crippen LogP contribution < -0.4 is 15.6 Å². The molecule has 2 aliphatic heterocycles. The maximum Gasteiger partial charge on any atom is 0.411 e. The molecule has 1 aliphatic carbocycles. The van der Waals surface area contributed by atoms with Crippen molar-refractivity contribution in [1.82, 2.24) is 25.5 Å². The molecule has 3 N–H and O–H groups in total.